The number of aryl methyl sites for hydroxylation is 1. The summed E-state index contributed by atoms with van der Waals surface area (Å²) in [5.41, 5.74) is 2.11. The van der Waals surface area contributed by atoms with Crippen LogP contribution in [0.15, 0.2) is 18.3 Å². The van der Waals surface area contributed by atoms with Gasteiger partial charge in [-0.05, 0) is 36.8 Å². The number of hydrogen-bond acceptors (Lipinski definition) is 3. The Balaban J connectivity index is 1.83. The lowest BCUT2D eigenvalue weighted by atomic mass is 9.78. The Morgan fingerprint density at radius 2 is 2.16 bits per heavy atom. The molecule has 4 heteroatoms. The molecule has 3 rings (SSSR count). The predicted octanol–water partition coefficient (Wildman–Crippen LogP) is 3.27. The van der Waals surface area contributed by atoms with Crippen LogP contribution in [0, 0.1) is 18.8 Å². The standard InChI is InChI=1S/C15H22N4/c1-10-6-4-8-13(12(10)3)16-15-17-14-11(2)7-5-9-19(14)18-15/h5,7,9-10,12-13H,4,6,8H2,1-3H3,(H,16,18). The molecule has 1 fully saturated rings. The highest BCUT2D eigenvalue weighted by molar-refractivity contribution is 5.50. The van der Waals surface area contributed by atoms with E-state index >= 15 is 0 Å². The third-order valence-corrected chi connectivity index (χ3v) is 4.58. The van der Waals surface area contributed by atoms with E-state index in [0.717, 1.165) is 23.1 Å². The molecule has 1 saturated carbocycles. The Morgan fingerprint density at radius 3 is 2.95 bits per heavy atom. The van der Waals surface area contributed by atoms with Crippen LogP contribution in [-0.4, -0.2) is 20.6 Å². The first-order valence-corrected chi connectivity index (χ1v) is 7.23. The average Bonchev–Trinajstić information content (AvgIpc) is 2.79. The quantitative estimate of drug-likeness (QED) is 0.899. The molecule has 2 aromatic rings. The highest BCUT2D eigenvalue weighted by Crippen LogP contribution is 2.31. The number of hydrogen-bond donors (Lipinski definition) is 1. The molecule has 0 spiro atoms. The molecular formula is C15H22N4. The summed E-state index contributed by atoms with van der Waals surface area (Å²) in [6.45, 7) is 6.75. The first kappa shape index (κ1) is 12.5. The second kappa shape index (κ2) is 4.83. The first-order chi connectivity index (χ1) is 9.15. The number of fused-ring (bicyclic) bond motifs is 1. The summed E-state index contributed by atoms with van der Waals surface area (Å²) in [7, 11) is 0. The van der Waals surface area contributed by atoms with Gasteiger partial charge in [-0.2, -0.15) is 4.98 Å². The smallest absolute Gasteiger partial charge is 0.243 e. The zero-order chi connectivity index (χ0) is 13.4. The van der Waals surface area contributed by atoms with Crippen LogP contribution < -0.4 is 5.32 Å². The van der Waals surface area contributed by atoms with Crippen molar-refractivity contribution < 1.29 is 0 Å². The summed E-state index contributed by atoms with van der Waals surface area (Å²) < 4.78 is 1.86. The van der Waals surface area contributed by atoms with Crippen molar-refractivity contribution in [3.63, 3.8) is 0 Å². The van der Waals surface area contributed by atoms with Crippen LogP contribution in [0.3, 0.4) is 0 Å². The Labute approximate surface area is 114 Å². The molecule has 0 aliphatic heterocycles. The van der Waals surface area contributed by atoms with Gasteiger partial charge in [0.25, 0.3) is 0 Å². The van der Waals surface area contributed by atoms with Crippen molar-refractivity contribution in [3.05, 3.63) is 23.9 Å². The van der Waals surface area contributed by atoms with E-state index in [2.05, 4.69) is 42.2 Å². The van der Waals surface area contributed by atoms with Gasteiger partial charge in [-0.15, -0.1) is 5.10 Å². The molecule has 0 bridgehead atoms. The summed E-state index contributed by atoms with van der Waals surface area (Å²) in [4.78, 5) is 4.61. The molecule has 0 aromatic carbocycles. The topological polar surface area (TPSA) is 42.2 Å². The van der Waals surface area contributed by atoms with Crippen molar-refractivity contribution in [2.75, 3.05) is 5.32 Å². The number of nitrogens with zero attached hydrogens (tertiary/aromatic N) is 3. The van der Waals surface area contributed by atoms with E-state index < -0.39 is 0 Å². The van der Waals surface area contributed by atoms with Gasteiger partial charge in [-0.1, -0.05) is 32.8 Å². The Hall–Kier alpha value is -1.58. The number of anilines is 1. The minimum Gasteiger partial charge on any atom is -0.350 e. The second-order valence-electron chi connectivity index (χ2n) is 5.91. The van der Waals surface area contributed by atoms with Crippen molar-refractivity contribution in [1.82, 2.24) is 14.6 Å². The van der Waals surface area contributed by atoms with Crippen LogP contribution in [0.5, 0.6) is 0 Å². The molecule has 0 saturated heterocycles. The van der Waals surface area contributed by atoms with Crippen molar-refractivity contribution in [2.45, 2.75) is 46.1 Å². The van der Waals surface area contributed by atoms with E-state index in [4.69, 9.17) is 0 Å². The van der Waals surface area contributed by atoms with Gasteiger partial charge in [0, 0.05) is 12.2 Å². The van der Waals surface area contributed by atoms with Crippen molar-refractivity contribution in [1.29, 1.82) is 0 Å². The maximum Gasteiger partial charge on any atom is 0.243 e. The average molecular weight is 258 g/mol. The lowest BCUT2D eigenvalue weighted by Crippen LogP contribution is -2.35. The molecule has 102 valence electrons. The largest absolute Gasteiger partial charge is 0.350 e. The summed E-state index contributed by atoms with van der Waals surface area (Å²) >= 11 is 0. The van der Waals surface area contributed by atoms with Gasteiger partial charge in [0.15, 0.2) is 5.65 Å². The summed E-state index contributed by atoms with van der Waals surface area (Å²) in [6, 6.07) is 4.58. The maximum atomic E-state index is 4.61. The lowest BCUT2D eigenvalue weighted by molar-refractivity contribution is 0.252. The fraction of sp³-hybridized carbons (Fsp3) is 0.600. The zero-order valence-electron chi connectivity index (χ0n) is 11.9. The molecule has 3 unspecified atom stereocenters. The van der Waals surface area contributed by atoms with Gasteiger partial charge in [0.2, 0.25) is 5.95 Å². The van der Waals surface area contributed by atoms with E-state index in [0.29, 0.717) is 12.0 Å². The number of aromatic nitrogens is 3. The molecule has 0 radical (unpaired) electrons. The molecule has 2 heterocycles. The summed E-state index contributed by atoms with van der Waals surface area (Å²) in [5, 5.41) is 8.06. The van der Waals surface area contributed by atoms with Crippen molar-refractivity contribution in [3.8, 4) is 0 Å². The minimum absolute atomic E-state index is 0.501. The molecule has 1 aliphatic rings. The fourth-order valence-corrected chi connectivity index (χ4v) is 3.05. The van der Waals surface area contributed by atoms with Gasteiger partial charge in [0.05, 0.1) is 0 Å². The molecule has 1 aliphatic carbocycles. The first-order valence-electron chi connectivity index (χ1n) is 7.23. The van der Waals surface area contributed by atoms with E-state index in [1.807, 2.05) is 16.8 Å². The van der Waals surface area contributed by atoms with Crippen LogP contribution in [0.25, 0.3) is 5.65 Å². The van der Waals surface area contributed by atoms with Crippen LogP contribution in [-0.2, 0) is 0 Å². The predicted molar refractivity (Wildman–Crippen MR) is 77.3 cm³/mol. The monoisotopic (exact) mass is 258 g/mol. The molecule has 4 nitrogen and oxygen atoms in total. The van der Waals surface area contributed by atoms with E-state index in [1.54, 1.807) is 0 Å². The van der Waals surface area contributed by atoms with Crippen LogP contribution in [0.4, 0.5) is 5.95 Å². The SMILES string of the molecule is Cc1cccn2nc(NC3CCCC(C)C3C)nc12. The third-order valence-electron chi connectivity index (χ3n) is 4.58. The van der Waals surface area contributed by atoms with Crippen molar-refractivity contribution >= 4 is 11.6 Å². The number of rotatable bonds is 2. The van der Waals surface area contributed by atoms with Crippen molar-refractivity contribution in [2.24, 2.45) is 11.8 Å². The van der Waals surface area contributed by atoms with Gasteiger partial charge in [-0.25, -0.2) is 4.52 Å². The Morgan fingerprint density at radius 1 is 1.32 bits per heavy atom. The van der Waals surface area contributed by atoms with E-state index in [-0.39, 0.29) is 0 Å². The number of nitrogens with one attached hydrogen (secondary N) is 1. The molecule has 3 atom stereocenters. The van der Waals surface area contributed by atoms with Gasteiger partial charge >= 0.3 is 0 Å². The highest BCUT2D eigenvalue weighted by atomic mass is 15.3. The van der Waals surface area contributed by atoms with Gasteiger partial charge in [0.1, 0.15) is 0 Å². The normalized spacial score (nSPS) is 27.6. The zero-order valence-corrected chi connectivity index (χ0v) is 11.9. The van der Waals surface area contributed by atoms with Gasteiger partial charge in [-0.3, -0.25) is 0 Å². The summed E-state index contributed by atoms with van der Waals surface area (Å²) in [5.74, 6) is 2.23. The molecule has 2 aromatic heterocycles. The summed E-state index contributed by atoms with van der Waals surface area (Å²) in [6.07, 6.45) is 5.82. The van der Waals surface area contributed by atoms with Crippen LogP contribution in [0.1, 0.15) is 38.7 Å². The molecule has 0 amide bonds. The molecule has 19 heavy (non-hydrogen) atoms. The molecule has 1 N–H and O–H groups in total. The highest BCUT2D eigenvalue weighted by Gasteiger charge is 2.27. The molecular weight excluding hydrogens is 236 g/mol. The van der Waals surface area contributed by atoms with E-state index in [1.165, 1.54) is 19.3 Å². The lowest BCUT2D eigenvalue weighted by Gasteiger charge is -2.34. The Bertz CT molecular complexity index is 575. The van der Waals surface area contributed by atoms with E-state index in [9.17, 15) is 0 Å². The second-order valence-corrected chi connectivity index (χ2v) is 5.91. The number of pyridine rings is 1. The Kier molecular flexibility index (Phi) is 3.17. The minimum atomic E-state index is 0.501. The fourth-order valence-electron chi connectivity index (χ4n) is 3.05. The van der Waals surface area contributed by atoms with Crippen LogP contribution in [0.2, 0.25) is 0 Å². The van der Waals surface area contributed by atoms with Crippen LogP contribution >= 0.6 is 0 Å². The van der Waals surface area contributed by atoms with Gasteiger partial charge < -0.3 is 5.32 Å². The maximum absolute atomic E-state index is 4.61. The third kappa shape index (κ3) is 2.31.